The van der Waals surface area contributed by atoms with Crippen LogP contribution in [0.4, 0.5) is 8.78 Å². The van der Waals surface area contributed by atoms with Gasteiger partial charge < -0.3 is 9.84 Å². The van der Waals surface area contributed by atoms with Gasteiger partial charge in [0, 0.05) is 10.0 Å². The van der Waals surface area contributed by atoms with Crippen LogP contribution in [0.15, 0.2) is 53.0 Å². The first-order valence-electron chi connectivity index (χ1n) is 5.99. The van der Waals surface area contributed by atoms with Crippen molar-refractivity contribution in [3.63, 3.8) is 0 Å². The SMILES string of the molecule is O=C(O)c1cc(OCC(F)(F)c2ccccc2)ccc1Br. The number of alkyl halides is 2. The summed E-state index contributed by atoms with van der Waals surface area (Å²) in [5, 5.41) is 8.96. The molecule has 0 unspecified atom stereocenters. The van der Waals surface area contributed by atoms with E-state index in [1.54, 1.807) is 6.07 Å². The Labute approximate surface area is 128 Å². The quantitative estimate of drug-likeness (QED) is 0.867. The van der Waals surface area contributed by atoms with Crippen LogP contribution in [-0.4, -0.2) is 17.7 Å². The van der Waals surface area contributed by atoms with Gasteiger partial charge in [0.1, 0.15) is 5.75 Å². The first-order chi connectivity index (χ1) is 9.90. The zero-order valence-corrected chi connectivity index (χ0v) is 12.3. The molecule has 110 valence electrons. The van der Waals surface area contributed by atoms with Gasteiger partial charge >= 0.3 is 11.9 Å². The van der Waals surface area contributed by atoms with E-state index in [9.17, 15) is 13.6 Å². The normalized spacial score (nSPS) is 11.2. The van der Waals surface area contributed by atoms with Gasteiger partial charge in [0.25, 0.3) is 0 Å². The van der Waals surface area contributed by atoms with Crippen molar-refractivity contribution in [1.29, 1.82) is 0 Å². The van der Waals surface area contributed by atoms with E-state index in [1.807, 2.05) is 0 Å². The molecule has 6 heteroatoms. The summed E-state index contributed by atoms with van der Waals surface area (Å²) in [7, 11) is 0. The number of carboxylic acids is 1. The van der Waals surface area contributed by atoms with Crippen LogP contribution >= 0.6 is 15.9 Å². The van der Waals surface area contributed by atoms with E-state index in [0.717, 1.165) is 0 Å². The van der Waals surface area contributed by atoms with Crippen LogP contribution in [0.1, 0.15) is 15.9 Å². The number of hydrogen-bond acceptors (Lipinski definition) is 2. The predicted molar refractivity (Wildman–Crippen MR) is 76.9 cm³/mol. The number of hydrogen-bond donors (Lipinski definition) is 1. The van der Waals surface area contributed by atoms with Gasteiger partial charge in [-0.15, -0.1) is 0 Å². The largest absolute Gasteiger partial charge is 0.487 e. The molecule has 0 aromatic heterocycles. The standard InChI is InChI=1S/C15H11BrF2O3/c16-13-7-6-11(8-12(13)14(19)20)21-9-15(17,18)10-4-2-1-3-5-10/h1-8H,9H2,(H,19,20). The van der Waals surface area contributed by atoms with Crippen molar-refractivity contribution in [2.75, 3.05) is 6.61 Å². The summed E-state index contributed by atoms with van der Waals surface area (Å²) in [6, 6.07) is 11.4. The molecule has 0 bridgehead atoms. The maximum absolute atomic E-state index is 13.9. The van der Waals surface area contributed by atoms with Crippen molar-refractivity contribution in [2.45, 2.75) is 5.92 Å². The topological polar surface area (TPSA) is 46.5 Å². The fourth-order valence-electron chi connectivity index (χ4n) is 1.70. The molecule has 0 radical (unpaired) electrons. The highest BCUT2D eigenvalue weighted by Gasteiger charge is 2.32. The van der Waals surface area contributed by atoms with Crippen LogP contribution in [0.25, 0.3) is 0 Å². The minimum Gasteiger partial charge on any atom is -0.487 e. The summed E-state index contributed by atoms with van der Waals surface area (Å²) in [5.74, 6) is -4.24. The molecule has 2 aromatic rings. The number of benzene rings is 2. The van der Waals surface area contributed by atoms with Crippen molar-refractivity contribution < 1.29 is 23.4 Å². The van der Waals surface area contributed by atoms with Crippen LogP contribution in [0, 0.1) is 0 Å². The molecular weight excluding hydrogens is 346 g/mol. The number of halogens is 3. The Morgan fingerprint density at radius 1 is 1.19 bits per heavy atom. The third-order valence-corrected chi connectivity index (χ3v) is 3.48. The average Bonchev–Trinajstić information content (AvgIpc) is 2.47. The zero-order valence-electron chi connectivity index (χ0n) is 10.7. The smallest absolute Gasteiger partial charge is 0.336 e. The molecule has 0 aliphatic carbocycles. The number of aromatic carboxylic acids is 1. The minimum atomic E-state index is -3.16. The lowest BCUT2D eigenvalue weighted by Crippen LogP contribution is -2.23. The number of ether oxygens (including phenoxy) is 1. The van der Waals surface area contributed by atoms with Crippen molar-refractivity contribution in [3.05, 3.63) is 64.1 Å². The van der Waals surface area contributed by atoms with Gasteiger partial charge in [0.05, 0.1) is 5.56 Å². The Hall–Kier alpha value is -1.95. The highest BCUT2D eigenvalue weighted by atomic mass is 79.9. The fraction of sp³-hybridized carbons (Fsp3) is 0.133. The Balaban J connectivity index is 2.13. The van der Waals surface area contributed by atoms with E-state index < -0.39 is 18.5 Å². The summed E-state index contributed by atoms with van der Waals surface area (Å²) in [6.45, 7) is -0.863. The summed E-state index contributed by atoms with van der Waals surface area (Å²) >= 11 is 3.07. The molecule has 21 heavy (non-hydrogen) atoms. The Morgan fingerprint density at radius 3 is 2.48 bits per heavy atom. The van der Waals surface area contributed by atoms with Gasteiger partial charge in [0.15, 0.2) is 6.61 Å². The second-order valence-corrected chi connectivity index (χ2v) is 5.16. The van der Waals surface area contributed by atoms with Crippen molar-refractivity contribution in [3.8, 4) is 5.75 Å². The molecule has 1 N–H and O–H groups in total. The average molecular weight is 357 g/mol. The fourth-order valence-corrected chi connectivity index (χ4v) is 2.11. The molecule has 2 rings (SSSR count). The lowest BCUT2D eigenvalue weighted by molar-refractivity contribution is -0.0467. The molecule has 0 aliphatic heterocycles. The predicted octanol–water partition coefficient (Wildman–Crippen LogP) is 4.32. The van der Waals surface area contributed by atoms with Gasteiger partial charge in [-0.05, 0) is 34.1 Å². The molecule has 0 spiro atoms. The summed E-state index contributed by atoms with van der Waals surface area (Å²) < 4.78 is 33.3. The highest BCUT2D eigenvalue weighted by molar-refractivity contribution is 9.10. The maximum atomic E-state index is 13.9. The first-order valence-corrected chi connectivity index (χ1v) is 6.78. The van der Waals surface area contributed by atoms with E-state index in [2.05, 4.69) is 15.9 Å². The number of carbonyl (C=O) groups is 1. The van der Waals surface area contributed by atoms with Crippen LogP contribution in [-0.2, 0) is 5.92 Å². The molecule has 0 heterocycles. The molecular formula is C15H11BrF2O3. The van der Waals surface area contributed by atoms with Gasteiger partial charge in [0.2, 0.25) is 0 Å². The number of rotatable bonds is 5. The van der Waals surface area contributed by atoms with Crippen LogP contribution < -0.4 is 4.74 Å². The van der Waals surface area contributed by atoms with Gasteiger partial charge in [-0.3, -0.25) is 0 Å². The van der Waals surface area contributed by atoms with Gasteiger partial charge in [-0.25, -0.2) is 4.79 Å². The Bertz CT molecular complexity index is 645. The van der Waals surface area contributed by atoms with E-state index in [0.29, 0.717) is 4.47 Å². The summed E-state index contributed by atoms with van der Waals surface area (Å²) in [4.78, 5) is 11.0. The molecule has 0 fully saturated rings. The number of carboxylic acid groups (broad SMARTS) is 1. The summed E-state index contributed by atoms with van der Waals surface area (Å²) in [5.41, 5.74) is -0.198. The summed E-state index contributed by atoms with van der Waals surface area (Å²) in [6.07, 6.45) is 0. The Morgan fingerprint density at radius 2 is 1.86 bits per heavy atom. The third-order valence-electron chi connectivity index (χ3n) is 2.78. The zero-order chi connectivity index (χ0) is 15.5. The van der Waals surface area contributed by atoms with E-state index >= 15 is 0 Å². The van der Waals surface area contributed by atoms with Crippen molar-refractivity contribution in [2.24, 2.45) is 0 Å². The lowest BCUT2D eigenvalue weighted by atomic mass is 10.1. The van der Waals surface area contributed by atoms with Crippen molar-refractivity contribution >= 4 is 21.9 Å². The third kappa shape index (κ3) is 3.78. The van der Waals surface area contributed by atoms with Crippen molar-refractivity contribution in [1.82, 2.24) is 0 Å². The molecule has 0 amide bonds. The van der Waals surface area contributed by atoms with E-state index in [4.69, 9.17) is 9.84 Å². The monoisotopic (exact) mass is 356 g/mol. The second-order valence-electron chi connectivity index (χ2n) is 4.31. The van der Waals surface area contributed by atoms with Gasteiger partial charge in [-0.2, -0.15) is 8.78 Å². The van der Waals surface area contributed by atoms with Crippen LogP contribution in [0.2, 0.25) is 0 Å². The lowest BCUT2D eigenvalue weighted by Gasteiger charge is -2.17. The molecule has 2 aromatic carbocycles. The van der Waals surface area contributed by atoms with E-state index in [-0.39, 0.29) is 16.9 Å². The van der Waals surface area contributed by atoms with Crippen LogP contribution in [0.3, 0.4) is 0 Å². The minimum absolute atomic E-state index is 0.0458. The van der Waals surface area contributed by atoms with Crippen LogP contribution in [0.5, 0.6) is 5.75 Å². The highest BCUT2D eigenvalue weighted by Crippen LogP contribution is 2.29. The van der Waals surface area contributed by atoms with Gasteiger partial charge in [-0.1, -0.05) is 30.3 Å². The second kappa shape index (κ2) is 6.22. The van der Waals surface area contributed by atoms with E-state index in [1.165, 1.54) is 42.5 Å². The molecule has 0 saturated heterocycles. The maximum Gasteiger partial charge on any atom is 0.336 e. The molecule has 0 atom stereocenters. The Kier molecular flexibility index (Phi) is 4.57. The molecule has 0 saturated carbocycles. The molecule has 0 aliphatic rings. The first kappa shape index (κ1) is 15.4. The molecule has 3 nitrogen and oxygen atoms in total.